The van der Waals surface area contributed by atoms with Gasteiger partial charge in [0.05, 0.1) is 17.7 Å². The summed E-state index contributed by atoms with van der Waals surface area (Å²) in [4.78, 5) is 12.8. The molecule has 174 valence electrons. The molecule has 0 saturated carbocycles. The van der Waals surface area contributed by atoms with Crippen molar-refractivity contribution >= 4 is 5.97 Å². The number of alkyl halides is 3. The van der Waals surface area contributed by atoms with E-state index in [9.17, 15) is 18.0 Å². The van der Waals surface area contributed by atoms with Gasteiger partial charge in [0, 0.05) is 24.0 Å². The van der Waals surface area contributed by atoms with E-state index in [1.165, 1.54) is 12.1 Å². The minimum absolute atomic E-state index is 0.272. The van der Waals surface area contributed by atoms with E-state index in [-0.39, 0.29) is 12.6 Å². The summed E-state index contributed by atoms with van der Waals surface area (Å²) in [5, 5.41) is 0. The predicted octanol–water partition coefficient (Wildman–Crippen LogP) is 7.37. The maximum absolute atomic E-state index is 12.9. The standard InChI is InChI=1S/C28H24F3NO2/c1-3-34-27(33)26-19(2)32(17-20-7-5-4-6-8-20)18-25(26)23-11-9-21(10-12-23)22-13-15-24(16-14-22)28(29,30)31/h4-16,18H,3,17H2,1-2H3. The first-order valence-electron chi connectivity index (χ1n) is 11.0. The monoisotopic (exact) mass is 463 g/mol. The molecule has 0 N–H and O–H groups in total. The molecule has 0 radical (unpaired) electrons. The lowest BCUT2D eigenvalue weighted by Gasteiger charge is -2.09. The molecule has 0 atom stereocenters. The summed E-state index contributed by atoms with van der Waals surface area (Å²) >= 11 is 0. The van der Waals surface area contributed by atoms with Crippen LogP contribution < -0.4 is 0 Å². The Hall–Kier alpha value is -3.80. The van der Waals surface area contributed by atoms with Crippen LogP contribution in [0.3, 0.4) is 0 Å². The van der Waals surface area contributed by atoms with Gasteiger partial charge >= 0.3 is 12.1 Å². The number of nitrogens with zero attached hydrogens (tertiary/aromatic N) is 1. The van der Waals surface area contributed by atoms with Gasteiger partial charge in [0.25, 0.3) is 0 Å². The molecule has 0 spiro atoms. The van der Waals surface area contributed by atoms with Gasteiger partial charge in [-0.15, -0.1) is 0 Å². The molecule has 3 nitrogen and oxygen atoms in total. The molecule has 1 aromatic heterocycles. The summed E-state index contributed by atoms with van der Waals surface area (Å²) in [7, 11) is 0. The van der Waals surface area contributed by atoms with Gasteiger partial charge in [-0.05, 0) is 48.2 Å². The van der Waals surface area contributed by atoms with Crippen molar-refractivity contribution in [1.82, 2.24) is 4.57 Å². The maximum atomic E-state index is 12.9. The fraction of sp³-hybridized carbons (Fsp3) is 0.179. The first-order chi connectivity index (χ1) is 16.3. The number of ether oxygens (including phenoxy) is 1. The molecular weight excluding hydrogens is 439 g/mol. The van der Waals surface area contributed by atoms with Crippen molar-refractivity contribution in [2.75, 3.05) is 6.61 Å². The number of hydrogen-bond donors (Lipinski definition) is 0. The normalized spacial score (nSPS) is 11.4. The molecule has 0 aliphatic heterocycles. The lowest BCUT2D eigenvalue weighted by molar-refractivity contribution is -0.137. The molecular formula is C28H24F3NO2. The van der Waals surface area contributed by atoms with Crippen LogP contribution in [0.4, 0.5) is 13.2 Å². The molecule has 4 rings (SSSR count). The Bertz CT molecular complexity index is 1270. The molecule has 0 unspecified atom stereocenters. The molecule has 3 aromatic carbocycles. The van der Waals surface area contributed by atoms with Crippen molar-refractivity contribution in [3.05, 3.63) is 107 Å². The average molecular weight is 463 g/mol. The van der Waals surface area contributed by atoms with Crippen LogP contribution in [0.15, 0.2) is 85.1 Å². The van der Waals surface area contributed by atoms with Crippen LogP contribution in [0.1, 0.15) is 34.1 Å². The van der Waals surface area contributed by atoms with E-state index >= 15 is 0 Å². The molecule has 0 fully saturated rings. The van der Waals surface area contributed by atoms with Crippen LogP contribution in [0.25, 0.3) is 22.3 Å². The van der Waals surface area contributed by atoms with Gasteiger partial charge in [0.2, 0.25) is 0 Å². The van der Waals surface area contributed by atoms with E-state index in [1.807, 2.05) is 72.3 Å². The molecule has 6 heteroatoms. The zero-order valence-electron chi connectivity index (χ0n) is 18.9. The van der Waals surface area contributed by atoms with E-state index in [4.69, 9.17) is 4.74 Å². The molecule has 0 saturated heterocycles. The number of carbonyl (C=O) groups excluding carboxylic acids is 1. The summed E-state index contributed by atoms with van der Waals surface area (Å²) in [5.41, 5.74) is 4.81. The molecule has 0 aliphatic carbocycles. The number of benzene rings is 3. The molecule has 0 amide bonds. The average Bonchev–Trinajstić information content (AvgIpc) is 3.15. The van der Waals surface area contributed by atoms with Gasteiger partial charge in [0.1, 0.15) is 0 Å². The van der Waals surface area contributed by atoms with Gasteiger partial charge in [-0.3, -0.25) is 0 Å². The second-order valence-electron chi connectivity index (χ2n) is 7.99. The highest BCUT2D eigenvalue weighted by Crippen LogP contribution is 2.33. The van der Waals surface area contributed by atoms with Crippen molar-refractivity contribution in [3.63, 3.8) is 0 Å². The quantitative estimate of drug-likeness (QED) is 0.280. The van der Waals surface area contributed by atoms with Gasteiger partial charge in [-0.2, -0.15) is 13.2 Å². The summed E-state index contributed by atoms with van der Waals surface area (Å²) < 4.78 is 45.9. The summed E-state index contributed by atoms with van der Waals surface area (Å²) in [6.45, 7) is 4.55. The number of carbonyl (C=O) groups is 1. The summed E-state index contributed by atoms with van der Waals surface area (Å²) in [6, 6.07) is 22.5. The Balaban J connectivity index is 1.68. The van der Waals surface area contributed by atoms with Crippen LogP contribution in [0.5, 0.6) is 0 Å². The fourth-order valence-electron chi connectivity index (χ4n) is 3.97. The largest absolute Gasteiger partial charge is 0.462 e. The number of rotatable bonds is 6. The van der Waals surface area contributed by atoms with Crippen LogP contribution in [-0.4, -0.2) is 17.1 Å². The highest BCUT2D eigenvalue weighted by molar-refractivity contribution is 5.99. The zero-order valence-corrected chi connectivity index (χ0v) is 18.9. The van der Waals surface area contributed by atoms with Crippen LogP contribution >= 0.6 is 0 Å². The van der Waals surface area contributed by atoms with Gasteiger partial charge < -0.3 is 9.30 Å². The molecule has 34 heavy (non-hydrogen) atoms. The van der Waals surface area contributed by atoms with Crippen molar-refractivity contribution in [2.45, 2.75) is 26.6 Å². The Morgan fingerprint density at radius 1 is 0.853 bits per heavy atom. The summed E-state index contributed by atoms with van der Waals surface area (Å²) in [6.07, 6.45) is -2.42. The molecule has 0 bridgehead atoms. The molecule has 1 heterocycles. The van der Waals surface area contributed by atoms with Gasteiger partial charge in [0.15, 0.2) is 0 Å². The third-order valence-corrected chi connectivity index (χ3v) is 5.76. The van der Waals surface area contributed by atoms with Crippen molar-refractivity contribution < 1.29 is 22.7 Å². The number of halogens is 3. The lowest BCUT2D eigenvalue weighted by atomic mass is 9.98. The van der Waals surface area contributed by atoms with Crippen molar-refractivity contribution in [3.8, 4) is 22.3 Å². The predicted molar refractivity (Wildman–Crippen MR) is 127 cm³/mol. The number of esters is 1. The molecule has 4 aromatic rings. The van der Waals surface area contributed by atoms with Crippen LogP contribution in [0.2, 0.25) is 0 Å². The van der Waals surface area contributed by atoms with E-state index in [1.54, 1.807) is 6.92 Å². The first kappa shape index (κ1) is 23.4. The highest BCUT2D eigenvalue weighted by atomic mass is 19.4. The SMILES string of the molecule is CCOC(=O)c1c(-c2ccc(-c3ccc(C(F)(F)F)cc3)cc2)cn(Cc2ccccc2)c1C. The fourth-order valence-corrected chi connectivity index (χ4v) is 3.97. The third kappa shape index (κ3) is 4.91. The minimum atomic E-state index is -4.36. The van der Waals surface area contributed by atoms with Crippen molar-refractivity contribution in [1.29, 1.82) is 0 Å². The third-order valence-electron chi connectivity index (χ3n) is 5.76. The summed E-state index contributed by atoms with van der Waals surface area (Å²) in [5.74, 6) is -0.381. The molecule has 0 aliphatic rings. The van der Waals surface area contributed by atoms with Crippen molar-refractivity contribution in [2.24, 2.45) is 0 Å². The zero-order chi connectivity index (χ0) is 24.3. The Morgan fingerprint density at radius 2 is 1.41 bits per heavy atom. The van der Waals surface area contributed by atoms with Crippen LogP contribution in [0, 0.1) is 6.92 Å². The smallest absolute Gasteiger partial charge is 0.416 e. The Labute approximate surface area is 196 Å². The van der Waals surface area contributed by atoms with Crippen LogP contribution in [-0.2, 0) is 17.5 Å². The van der Waals surface area contributed by atoms with E-state index in [2.05, 4.69) is 0 Å². The first-order valence-corrected chi connectivity index (χ1v) is 11.0. The maximum Gasteiger partial charge on any atom is 0.416 e. The van der Waals surface area contributed by atoms with E-state index in [0.717, 1.165) is 40.1 Å². The Kier molecular flexibility index (Phi) is 6.59. The van der Waals surface area contributed by atoms with E-state index < -0.39 is 11.7 Å². The highest BCUT2D eigenvalue weighted by Gasteiger charge is 2.30. The van der Waals surface area contributed by atoms with Gasteiger partial charge in [-0.25, -0.2) is 4.79 Å². The second kappa shape index (κ2) is 9.59. The van der Waals surface area contributed by atoms with Gasteiger partial charge in [-0.1, -0.05) is 66.7 Å². The minimum Gasteiger partial charge on any atom is -0.462 e. The van der Waals surface area contributed by atoms with E-state index in [0.29, 0.717) is 17.7 Å². The topological polar surface area (TPSA) is 31.2 Å². The lowest BCUT2D eigenvalue weighted by Crippen LogP contribution is -2.08. The second-order valence-corrected chi connectivity index (χ2v) is 7.99. The Morgan fingerprint density at radius 3 is 1.97 bits per heavy atom. The number of hydrogen-bond acceptors (Lipinski definition) is 2. The number of aromatic nitrogens is 1.